The molecule has 120 valence electrons. The summed E-state index contributed by atoms with van der Waals surface area (Å²) in [7, 11) is 0. The van der Waals surface area contributed by atoms with Gasteiger partial charge in [-0.15, -0.1) is 0 Å². The summed E-state index contributed by atoms with van der Waals surface area (Å²) in [5, 5.41) is 3.50. The Labute approximate surface area is 130 Å². The average molecular weight is 293 g/mol. The highest BCUT2D eigenvalue weighted by molar-refractivity contribution is 5.31. The Balaban J connectivity index is 2.14. The summed E-state index contributed by atoms with van der Waals surface area (Å²) in [6.45, 7) is 11.2. The SMILES string of the molecule is CCCOc1ccc(OCCNC(C)CCC(C)C)cc1. The third-order valence-corrected chi connectivity index (χ3v) is 3.34. The molecule has 1 rings (SSSR count). The zero-order valence-corrected chi connectivity index (χ0v) is 14.0. The zero-order chi connectivity index (χ0) is 15.5. The molecule has 21 heavy (non-hydrogen) atoms. The van der Waals surface area contributed by atoms with Crippen molar-refractivity contribution in [3.63, 3.8) is 0 Å². The highest BCUT2D eigenvalue weighted by atomic mass is 16.5. The summed E-state index contributed by atoms with van der Waals surface area (Å²) < 4.78 is 11.3. The van der Waals surface area contributed by atoms with Gasteiger partial charge in [-0.05, 0) is 56.4 Å². The van der Waals surface area contributed by atoms with Crippen LogP contribution >= 0.6 is 0 Å². The van der Waals surface area contributed by atoms with Gasteiger partial charge in [-0.2, -0.15) is 0 Å². The van der Waals surface area contributed by atoms with Crippen molar-refractivity contribution >= 4 is 0 Å². The van der Waals surface area contributed by atoms with Gasteiger partial charge >= 0.3 is 0 Å². The predicted octanol–water partition coefficient (Wildman–Crippen LogP) is 4.27. The Hall–Kier alpha value is -1.22. The number of benzene rings is 1. The normalized spacial score (nSPS) is 12.4. The first-order valence-electron chi connectivity index (χ1n) is 8.20. The summed E-state index contributed by atoms with van der Waals surface area (Å²) in [5.41, 5.74) is 0. The first kappa shape index (κ1) is 17.8. The van der Waals surface area contributed by atoms with E-state index in [4.69, 9.17) is 9.47 Å². The molecule has 0 aliphatic heterocycles. The summed E-state index contributed by atoms with van der Waals surface area (Å²) >= 11 is 0. The molecule has 0 aromatic heterocycles. The molecule has 0 amide bonds. The van der Waals surface area contributed by atoms with Crippen molar-refractivity contribution in [2.24, 2.45) is 5.92 Å². The standard InChI is InChI=1S/C18H31NO2/c1-5-13-20-17-8-10-18(11-9-17)21-14-12-19-16(4)7-6-15(2)3/h8-11,15-16,19H,5-7,12-14H2,1-4H3. The van der Waals surface area contributed by atoms with Crippen LogP contribution in [0.15, 0.2) is 24.3 Å². The molecule has 0 saturated carbocycles. The smallest absolute Gasteiger partial charge is 0.119 e. The van der Waals surface area contributed by atoms with Crippen molar-refractivity contribution < 1.29 is 9.47 Å². The van der Waals surface area contributed by atoms with E-state index in [1.54, 1.807) is 0 Å². The Kier molecular flexibility index (Phi) is 8.91. The third-order valence-electron chi connectivity index (χ3n) is 3.34. The van der Waals surface area contributed by atoms with E-state index < -0.39 is 0 Å². The summed E-state index contributed by atoms with van der Waals surface area (Å²) in [6.07, 6.45) is 3.52. The summed E-state index contributed by atoms with van der Waals surface area (Å²) in [5.74, 6) is 2.58. The van der Waals surface area contributed by atoms with Gasteiger partial charge in [0.2, 0.25) is 0 Å². The number of hydrogen-bond acceptors (Lipinski definition) is 3. The van der Waals surface area contributed by atoms with Gasteiger partial charge in [-0.1, -0.05) is 20.8 Å². The molecular weight excluding hydrogens is 262 g/mol. The lowest BCUT2D eigenvalue weighted by Crippen LogP contribution is -2.30. The lowest BCUT2D eigenvalue weighted by Gasteiger charge is -2.15. The minimum atomic E-state index is 0.556. The molecule has 1 aromatic rings. The van der Waals surface area contributed by atoms with Crippen molar-refractivity contribution in [3.05, 3.63) is 24.3 Å². The highest BCUT2D eigenvalue weighted by Gasteiger charge is 2.03. The molecule has 3 heteroatoms. The summed E-state index contributed by atoms with van der Waals surface area (Å²) in [6, 6.07) is 8.41. The maximum atomic E-state index is 5.72. The fraction of sp³-hybridized carbons (Fsp3) is 0.667. The summed E-state index contributed by atoms with van der Waals surface area (Å²) in [4.78, 5) is 0. The predicted molar refractivity (Wildman–Crippen MR) is 89.3 cm³/mol. The van der Waals surface area contributed by atoms with E-state index in [0.717, 1.165) is 37.0 Å². The molecule has 0 aliphatic carbocycles. The Morgan fingerprint density at radius 1 is 0.905 bits per heavy atom. The van der Waals surface area contributed by atoms with Gasteiger partial charge in [0.05, 0.1) is 6.61 Å². The lowest BCUT2D eigenvalue weighted by atomic mass is 10.0. The van der Waals surface area contributed by atoms with Crippen LogP contribution < -0.4 is 14.8 Å². The quantitative estimate of drug-likeness (QED) is 0.618. The molecule has 0 fully saturated rings. The maximum absolute atomic E-state index is 5.72. The van der Waals surface area contributed by atoms with Crippen LogP contribution in [0.2, 0.25) is 0 Å². The molecule has 0 spiro atoms. The molecule has 1 N–H and O–H groups in total. The van der Waals surface area contributed by atoms with Crippen LogP contribution in [-0.4, -0.2) is 25.8 Å². The van der Waals surface area contributed by atoms with Crippen molar-refractivity contribution in [2.75, 3.05) is 19.8 Å². The van der Waals surface area contributed by atoms with Gasteiger partial charge in [0.15, 0.2) is 0 Å². The molecule has 0 bridgehead atoms. The zero-order valence-electron chi connectivity index (χ0n) is 14.0. The minimum absolute atomic E-state index is 0.556. The Morgan fingerprint density at radius 3 is 2.00 bits per heavy atom. The van der Waals surface area contributed by atoms with Gasteiger partial charge in [0.1, 0.15) is 18.1 Å². The molecule has 3 nitrogen and oxygen atoms in total. The molecule has 1 unspecified atom stereocenters. The molecule has 0 saturated heterocycles. The van der Waals surface area contributed by atoms with Gasteiger partial charge in [-0.25, -0.2) is 0 Å². The Bertz CT molecular complexity index is 362. The average Bonchev–Trinajstić information content (AvgIpc) is 2.48. The molecule has 0 heterocycles. The van der Waals surface area contributed by atoms with Crippen LogP contribution in [0, 0.1) is 5.92 Å². The number of hydrogen-bond donors (Lipinski definition) is 1. The monoisotopic (exact) mass is 293 g/mol. The van der Waals surface area contributed by atoms with E-state index in [0.29, 0.717) is 12.6 Å². The van der Waals surface area contributed by atoms with Crippen LogP contribution in [0.1, 0.15) is 47.0 Å². The van der Waals surface area contributed by atoms with Crippen LogP contribution in [0.5, 0.6) is 11.5 Å². The van der Waals surface area contributed by atoms with Gasteiger partial charge in [-0.3, -0.25) is 0 Å². The van der Waals surface area contributed by atoms with Gasteiger partial charge in [0, 0.05) is 12.6 Å². The van der Waals surface area contributed by atoms with Crippen LogP contribution in [0.3, 0.4) is 0 Å². The second-order valence-electron chi connectivity index (χ2n) is 5.99. The van der Waals surface area contributed by atoms with Crippen LogP contribution in [0.25, 0.3) is 0 Å². The molecule has 1 atom stereocenters. The van der Waals surface area contributed by atoms with Crippen molar-refractivity contribution in [3.8, 4) is 11.5 Å². The minimum Gasteiger partial charge on any atom is -0.494 e. The fourth-order valence-corrected chi connectivity index (χ4v) is 2.01. The lowest BCUT2D eigenvalue weighted by molar-refractivity contribution is 0.299. The van der Waals surface area contributed by atoms with Gasteiger partial charge in [0.25, 0.3) is 0 Å². The van der Waals surface area contributed by atoms with E-state index in [1.807, 2.05) is 24.3 Å². The Morgan fingerprint density at radius 2 is 1.48 bits per heavy atom. The molecule has 1 aromatic carbocycles. The van der Waals surface area contributed by atoms with E-state index in [1.165, 1.54) is 12.8 Å². The first-order valence-corrected chi connectivity index (χ1v) is 8.20. The number of ether oxygens (including phenoxy) is 2. The van der Waals surface area contributed by atoms with Crippen LogP contribution in [0.4, 0.5) is 0 Å². The maximum Gasteiger partial charge on any atom is 0.119 e. The number of rotatable bonds is 11. The molecule has 0 aliphatic rings. The third kappa shape index (κ3) is 8.61. The number of nitrogens with one attached hydrogen (secondary N) is 1. The van der Waals surface area contributed by atoms with E-state index >= 15 is 0 Å². The largest absolute Gasteiger partial charge is 0.494 e. The first-order chi connectivity index (χ1) is 10.1. The topological polar surface area (TPSA) is 30.5 Å². The van der Waals surface area contributed by atoms with Gasteiger partial charge < -0.3 is 14.8 Å². The van der Waals surface area contributed by atoms with Crippen molar-refractivity contribution in [2.45, 2.75) is 53.0 Å². The van der Waals surface area contributed by atoms with E-state index in [2.05, 4.69) is 33.0 Å². The molecule has 0 radical (unpaired) electrons. The van der Waals surface area contributed by atoms with E-state index in [9.17, 15) is 0 Å². The van der Waals surface area contributed by atoms with Crippen molar-refractivity contribution in [1.82, 2.24) is 5.32 Å². The van der Waals surface area contributed by atoms with Crippen molar-refractivity contribution in [1.29, 1.82) is 0 Å². The highest BCUT2D eigenvalue weighted by Crippen LogP contribution is 2.17. The van der Waals surface area contributed by atoms with Crippen LogP contribution in [-0.2, 0) is 0 Å². The fourth-order valence-electron chi connectivity index (χ4n) is 2.01. The second kappa shape index (κ2) is 10.5. The molecular formula is C18H31NO2. The van der Waals surface area contributed by atoms with E-state index in [-0.39, 0.29) is 0 Å². The second-order valence-corrected chi connectivity index (χ2v) is 5.99.